The third-order valence-electron chi connectivity index (χ3n) is 2.84. The van der Waals surface area contributed by atoms with Gasteiger partial charge in [0.1, 0.15) is 6.04 Å². The minimum atomic E-state index is -1.08. The Morgan fingerprint density at radius 1 is 1.25 bits per heavy atom. The molecular weight excluding hydrogens is 264 g/mol. The zero-order valence-electron chi connectivity index (χ0n) is 12.6. The van der Waals surface area contributed by atoms with E-state index in [0.29, 0.717) is 13.2 Å². The number of rotatable bonds is 10. The van der Waals surface area contributed by atoms with Crippen LogP contribution in [0.2, 0.25) is 0 Å². The maximum atomic E-state index is 11.8. The van der Waals surface area contributed by atoms with E-state index in [-0.39, 0.29) is 25.0 Å². The standard InChI is InChI=1S/C13H26N2O5/c1-5-20-8-11(9(2)3)15-13(18)14-10(12(16)17)6-7-19-4/h9-11H,5-8H2,1-4H3,(H,16,17)(H2,14,15,18). The van der Waals surface area contributed by atoms with E-state index in [9.17, 15) is 9.59 Å². The molecule has 118 valence electrons. The molecule has 0 aromatic carbocycles. The first-order valence-electron chi connectivity index (χ1n) is 6.78. The van der Waals surface area contributed by atoms with Crippen LogP contribution in [0, 0.1) is 5.92 Å². The Hall–Kier alpha value is -1.34. The van der Waals surface area contributed by atoms with E-state index in [2.05, 4.69) is 10.6 Å². The zero-order valence-corrected chi connectivity index (χ0v) is 12.6. The summed E-state index contributed by atoms with van der Waals surface area (Å²) in [7, 11) is 1.48. The smallest absolute Gasteiger partial charge is 0.326 e. The maximum Gasteiger partial charge on any atom is 0.326 e. The highest BCUT2D eigenvalue weighted by Crippen LogP contribution is 2.02. The van der Waals surface area contributed by atoms with Crippen LogP contribution in [0.25, 0.3) is 0 Å². The molecule has 0 saturated heterocycles. The molecule has 2 amide bonds. The summed E-state index contributed by atoms with van der Waals surface area (Å²) in [5.74, 6) is -0.891. The van der Waals surface area contributed by atoms with Gasteiger partial charge in [-0.25, -0.2) is 9.59 Å². The largest absolute Gasteiger partial charge is 0.480 e. The van der Waals surface area contributed by atoms with E-state index >= 15 is 0 Å². The Bertz CT molecular complexity index is 296. The topological polar surface area (TPSA) is 96.9 Å². The molecule has 2 atom stereocenters. The number of aliphatic carboxylic acids is 1. The lowest BCUT2D eigenvalue weighted by Crippen LogP contribution is -2.51. The second kappa shape index (κ2) is 10.4. The van der Waals surface area contributed by atoms with Gasteiger partial charge in [0.25, 0.3) is 0 Å². The summed E-state index contributed by atoms with van der Waals surface area (Å²) >= 11 is 0. The van der Waals surface area contributed by atoms with Crippen LogP contribution in [0.5, 0.6) is 0 Å². The van der Waals surface area contributed by atoms with Crippen molar-refractivity contribution in [3.63, 3.8) is 0 Å². The summed E-state index contributed by atoms with van der Waals surface area (Å²) in [6, 6.07) is -1.63. The number of methoxy groups -OCH3 is 1. The molecule has 0 aliphatic rings. The van der Waals surface area contributed by atoms with Crippen LogP contribution >= 0.6 is 0 Å². The van der Waals surface area contributed by atoms with Crippen LogP contribution in [0.4, 0.5) is 4.79 Å². The Labute approximate surface area is 120 Å². The highest BCUT2D eigenvalue weighted by atomic mass is 16.5. The monoisotopic (exact) mass is 290 g/mol. The lowest BCUT2D eigenvalue weighted by Gasteiger charge is -2.23. The number of hydrogen-bond donors (Lipinski definition) is 3. The Morgan fingerprint density at radius 3 is 2.35 bits per heavy atom. The first kappa shape index (κ1) is 18.7. The lowest BCUT2D eigenvalue weighted by atomic mass is 10.1. The molecule has 3 N–H and O–H groups in total. The fourth-order valence-corrected chi connectivity index (χ4v) is 1.51. The number of carbonyl (C=O) groups is 2. The Balaban J connectivity index is 4.36. The molecule has 0 saturated carbocycles. The fourth-order valence-electron chi connectivity index (χ4n) is 1.51. The van der Waals surface area contributed by atoms with Gasteiger partial charge < -0.3 is 25.2 Å². The maximum absolute atomic E-state index is 11.8. The van der Waals surface area contributed by atoms with Gasteiger partial charge in [0, 0.05) is 26.7 Å². The molecule has 0 radical (unpaired) electrons. The highest BCUT2D eigenvalue weighted by molar-refractivity contribution is 5.82. The zero-order chi connectivity index (χ0) is 15.5. The van der Waals surface area contributed by atoms with E-state index in [1.165, 1.54) is 7.11 Å². The van der Waals surface area contributed by atoms with Gasteiger partial charge in [0.15, 0.2) is 0 Å². The molecule has 0 bridgehead atoms. The molecule has 0 aliphatic heterocycles. The molecule has 2 unspecified atom stereocenters. The summed E-state index contributed by atoms with van der Waals surface area (Å²) in [5.41, 5.74) is 0. The number of carbonyl (C=O) groups excluding carboxylic acids is 1. The number of ether oxygens (including phenoxy) is 2. The normalized spacial score (nSPS) is 13.8. The van der Waals surface area contributed by atoms with Crippen LogP contribution in [0.1, 0.15) is 27.2 Å². The number of carboxylic acids is 1. The molecule has 0 rings (SSSR count). The highest BCUT2D eigenvalue weighted by Gasteiger charge is 2.22. The minimum Gasteiger partial charge on any atom is -0.480 e. The van der Waals surface area contributed by atoms with E-state index in [0.717, 1.165) is 0 Å². The third-order valence-corrected chi connectivity index (χ3v) is 2.84. The Kier molecular flexibility index (Phi) is 9.75. The molecule has 0 spiro atoms. The molecule has 0 fully saturated rings. The number of nitrogens with one attached hydrogen (secondary N) is 2. The van der Waals surface area contributed by atoms with Gasteiger partial charge >= 0.3 is 12.0 Å². The van der Waals surface area contributed by atoms with Crippen molar-refractivity contribution in [2.45, 2.75) is 39.3 Å². The SMILES string of the molecule is CCOCC(NC(=O)NC(CCOC)C(=O)O)C(C)C. The van der Waals surface area contributed by atoms with Gasteiger partial charge in [0.2, 0.25) is 0 Å². The molecular formula is C13H26N2O5. The van der Waals surface area contributed by atoms with Gasteiger partial charge in [-0.1, -0.05) is 13.8 Å². The fraction of sp³-hybridized carbons (Fsp3) is 0.846. The molecule has 0 heterocycles. The van der Waals surface area contributed by atoms with Crippen molar-refractivity contribution < 1.29 is 24.2 Å². The molecule has 7 nitrogen and oxygen atoms in total. The predicted molar refractivity (Wildman–Crippen MR) is 74.7 cm³/mol. The van der Waals surface area contributed by atoms with Gasteiger partial charge in [-0.3, -0.25) is 0 Å². The summed E-state index contributed by atoms with van der Waals surface area (Å²) in [6.45, 7) is 7.04. The van der Waals surface area contributed by atoms with Gasteiger partial charge in [0.05, 0.1) is 12.6 Å². The van der Waals surface area contributed by atoms with E-state index in [1.54, 1.807) is 0 Å². The van der Waals surface area contributed by atoms with Crippen molar-refractivity contribution in [2.75, 3.05) is 26.9 Å². The van der Waals surface area contributed by atoms with Crippen molar-refractivity contribution in [3.8, 4) is 0 Å². The lowest BCUT2D eigenvalue weighted by molar-refractivity contribution is -0.139. The summed E-state index contributed by atoms with van der Waals surface area (Å²) in [5, 5.41) is 14.2. The summed E-state index contributed by atoms with van der Waals surface area (Å²) in [6.07, 6.45) is 0.219. The van der Waals surface area contributed by atoms with Gasteiger partial charge in [-0.05, 0) is 12.8 Å². The van der Waals surface area contributed by atoms with Crippen molar-refractivity contribution in [2.24, 2.45) is 5.92 Å². The second-order valence-electron chi connectivity index (χ2n) is 4.80. The van der Waals surface area contributed by atoms with Crippen LogP contribution in [0.15, 0.2) is 0 Å². The van der Waals surface area contributed by atoms with E-state index in [4.69, 9.17) is 14.6 Å². The quantitative estimate of drug-likeness (QED) is 0.554. The van der Waals surface area contributed by atoms with E-state index in [1.807, 2.05) is 20.8 Å². The van der Waals surface area contributed by atoms with Crippen LogP contribution in [-0.2, 0) is 14.3 Å². The molecule has 0 aliphatic carbocycles. The van der Waals surface area contributed by atoms with Crippen molar-refractivity contribution in [1.29, 1.82) is 0 Å². The van der Waals surface area contributed by atoms with Gasteiger partial charge in [-0.15, -0.1) is 0 Å². The first-order valence-corrected chi connectivity index (χ1v) is 6.78. The number of urea groups is 1. The Morgan fingerprint density at radius 2 is 1.90 bits per heavy atom. The summed E-state index contributed by atoms with van der Waals surface area (Å²) < 4.78 is 10.1. The average Bonchev–Trinajstić information content (AvgIpc) is 2.38. The number of amides is 2. The van der Waals surface area contributed by atoms with Crippen molar-refractivity contribution in [1.82, 2.24) is 10.6 Å². The second-order valence-corrected chi connectivity index (χ2v) is 4.80. The minimum absolute atomic E-state index is 0.160. The number of hydrogen-bond acceptors (Lipinski definition) is 4. The van der Waals surface area contributed by atoms with Crippen molar-refractivity contribution >= 4 is 12.0 Å². The molecule has 0 aromatic heterocycles. The van der Waals surface area contributed by atoms with Crippen LogP contribution < -0.4 is 10.6 Å². The molecule has 0 aromatic rings. The van der Waals surface area contributed by atoms with Gasteiger partial charge in [-0.2, -0.15) is 0 Å². The van der Waals surface area contributed by atoms with Crippen molar-refractivity contribution in [3.05, 3.63) is 0 Å². The van der Waals surface area contributed by atoms with Crippen LogP contribution in [0.3, 0.4) is 0 Å². The summed E-state index contributed by atoms with van der Waals surface area (Å²) in [4.78, 5) is 22.8. The first-order chi connectivity index (χ1) is 9.42. The molecule has 7 heteroatoms. The van der Waals surface area contributed by atoms with E-state index < -0.39 is 18.0 Å². The third kappa shape index (κ3) is 7.96. The van der Waals surface area contributed by atoms with Crippen LogP contribution in [-0.4, -0.2) is 56.1 Å². The average molecular weight is 290 g/mol. The number of carboxylic acid groups (broad SMARTS) is 1. The predicted octanol–water partition coefficient (Wildman–Crippen LogP) is 0.836. The molecule has 20 heavy (non-hydrogen) atoms.